The van der Waals surface area contributed by atoms with E-state index in [4.69, 9.17) is 14.1 Å². The molecule has 3 aromatic carbocycles. The summed E-state index contributed by atoms with van der Waals surface area (Å²) in [5.41, 5.74) is 3.85. The molecule has 0 saturated carbocycles. The molecule has 5 aromatic rings. The number of likely N-dealkylation sites (tertiary alicyclic amines) is 1. The van der Waals surface area contributed by atoms with Crippen LogP contribution in [0.2, 0.25) is 0 Å². The van der Waals surface area contributed by atoms with E-state index in [1.807, 2.05) is 56.3 Å². The summed E-state index contributed by atoms with van der Waals surface area (Å²) in [6.07, 6.45) is 5.17. The second-order valence-corrected chi connectivity index (χ2v) is 17.9. The molecular weight excluding hydrogens is 833 g/mol. The number of cyclic esters (lactones) is 1. The first-order valence-corrected chi connectivity index (χ1v) is 22.0. The maximum absolute atomic E-state index is 13.8. The number of carbonyl (C=O) groups is 5. The quantitative estimate of drug-likeness (QED) is 0.0979. The van der Waals surface area contributed by atoms with Gasteiger partial charge in [0.1, 0.15) is 17.5 Å². The van der Waals surface area contributed by atoms with Crippen LogP contribution in [0.1, 0.15) is 100 Å². The molecule has 3 saturated heterocycles. The maximum Gasteiger partial charge on any atom is 0.339 e. The molecule has 0 radical (unpaired) electrons. The zero-order chi connectivity index (χ0) is 45.0. The Morgan fingerprint density at radius 2 is 1.71 bits per heavy atom. The van der Waals surface area contributed by atoms with Crippen molar-refractivity contribution < 1.29 is 38.2 Å². The Morgan fingerprint density at radius 1 is 0.908 bits per heavy atom. The summed E-state index contributed by atoms with van der Waals surface area (Å²) in [6, 6.07) is 18.7. The number of ether oxygens (including phenoxy) is 1. The topological polar surface area (TPSA) is 225 Å². The monoisotopic (exact) mass is 880 g/mol. The van der Waals surface area contributed by atoms with Crippen LogP contribution >= 0.6 is 0 Å². The summed E-state index contributed by atoms with van der Waals surface area (Å²) >= 11 is 0. The smallest absolute Gasteiger partial charge is 0.339 e. The number of amides is 4. The number of aromatic nitrogens is 4. The van der Waals surface area contributed by atoms with Gasteiger partial charge in [0.25, 0.3) is 17.7 Å². The van der Waals surface area contributed by atoms with E-state index in [1.54, 1.807) is 30.5 Å². The van der Waals surface area contributed by atoms with Crippen molar-refractivity contribution in [2.45, 2.75) is 70.1 Å². The summed E-state index contributed by atoms with van der Waals surface area (Å²) in [4.78, 5) is 79.1. The Kier molecular flexibility index (Phi) is 10.6. The zero-order valence-corrected chi connectivity index (χ0v) is 36.0. The van der Waals surface area contributed by atoms with Crippen LogP contribution < -0.4 is 20.9 Å². The highest BCUT2D eigenvalue weighted by atomic mass is 16.6. The third kappa shape index (κ3) is 7.86. The van der Waals surface area contributed by atoms with E-state index in [0.717, 1.165) is 61.5 Å². The molecule has 4 amide bonds. The van der Waals surface area contributed by atoms with Crippen molar-refractivity contribution in [3.63, 3.8) is 0 Å². The SMILES string of the molecule is CC1(C)OC(=O)c2ccc(Nc3ncc(-c4nnc(CCN5CCC6(CC5)CCN(c5cccc7c5C(=O)N(C5CCC(=O)NC5=O)C7=O)C6)o4)c(N[C@H](CO)c4ccccc4)n3)cc21. The highest BCUT2D eigenvalue weighted by molar-refractivity contribution is 6.25. The number of hydrogen-bond donors (Lipinski definition) is 4. The number of imide groups is 2. The van der Waals surface area contributed by atoms with Crippen LogP contribution in [0.3, 0.4) is 0 Å². The van der Waals surface area contributed by atoms with Crippen molar-refractivity contribution in [3.8, 4) is 11.5 Å². The highest BCUT2D eigenvalue weighted by Gasteiger charge is 2.48. The second-order valence-electron chi connectivity index (χ2n) is 17.9. The predicted molar refractivity (Wildman–Crippen MR) is 235 cm³/mol. The average Bonchev–Trinajstić information content (AvgIpc) is 4.06. The molecule has 5 aliphatic rings. The lowest BCUT2D eigenvalue weighted by Crippen LogP contribution is -2.54. The van der Waals surface area contributed by atoms with Crippen molar-refractivity contribution in [1.82, 2.24) is 35.3 Å². The number of esters is 1. The van der Waals surface area contributed by atoms with E-state index < -0.39 is 41.3 Å². The van der Waals surface area contributed by atoms with Gasteiger partial charge in [-0.3, -0.25) is 29.4 Å². The number of anilines is 4. The number of nitrogens with one attached hydrogen (secondary N) is 3. The first kappa shape index (κ1) is 41.9. The van der Waals surface area contributed by atoms with Gasteiger partial charge in [-0.25, -0.2) is 9.78 Å². The zero-order valence-electron chi connectivity index (χ0n) is 36.0. The lowest BCUT2D eigenvalue weighted by atomic mass is 9.77. The third-order valence-corrected chi connectivity index (χ3v) is 13.5. The van der Waals surface area contributed by atoms with Crippen LogP contribution in [0.5, 0.6) is 0 Å². The fourth-order valence-electron chi connectivity index (χ4n) is 9.84. The maximum atomic E-state index is 13.8. The number of rotatable bonds is 12. The number of fused-ring (bicyclic) bond motifs is 2. The van der Waals surface area contributed by atoms with Crippen LogP contribution in [0.25, 0.3) is 11.5 Å². The third-order valence-electron chi connectivity index (χ3n) is 13.5. The van der Waals surface area contributed by atoms with Gasteiger partial charge in [-0.05, 0) is 93.9 Å². The molecule has 4 N–H and O–H groups in total. The minimum atomic E-state index is -1.01. The Morgan fingerprint density at radius 3 is 2.49 bits per heavy atom. The van der Waals surface area contributed by atoms with Crippen LogP contribution in [0.4, 0.5) is 23.1 Å². The number of nitrogens with zero attached hydrogens (tertiary/aromatic N) is 7. The van der Waals surface area contributed by atoms with Gasteiger partial charge in [-0.2, -0.15) is 4.98 Å². The van der Waals surface area contributed by atoms with E-state index in [0.29, 0.717) is 58.3 Å². The number of aliphatic hydroxyl groups is 1. The molecule has 7 heterocycles. The van der Waals surface area contributed by atoms with Gasteiger partial charge < -0.3 is 34.7 Å². The van der Waals surface area contributed by atoms with Crippen molar-refractivity contribution in [1.29, 1.82) is 0 Å². The van der Waals surface area contributed by atoms with Crippen molar-refractivity contribution >= 4 is 52.7 Å². The molecule has 65 heavy (non-hydrogen) atoms. The number of aliphatic hydroxyl groups excluding tert-OH is 1. The molecule has 5 aliphatic heterocycles. The first-order valence-electron chi connectivity index (χ1n) is 22.0. The second kappa shape index (κ2) is 16.5. The normalized spacial score (nSPS) is 20.5. The van der Waals surface area contributed by atoms with E-state index in [1.165, 1.54) is 0 Å². The predicted octanol–water partition coefficient (Wildman–Crippen LogP) is 4.76. The van der Waals surface area contributed by atoms with Gasteiger partial charge in [0, 0.05) is 49.9 Å². The minimum Gasteiger partial charge on any atom is -0.451 e. The van der Waals surface area contributed by atoms with E-state index >= 15 is 0 Å². The Labute approximate surface area is 373 Å². The standard InChI is InChI=1S/C47H48N10O8/c1-46(2)32-23-28(11-12-29(32)44(63)65-46)49-45-48-24-31(39(52-45)50-33(25-58)27-7-4-3-5-8-27)41-54-53-37(64-41)15-19-55-20-16-47(17-21-55)18-22-56(26-47)34-10-6-9-30-38(34)43(62)57(42(30)61)35-13-14-36(59)51-40(35)60/h3-12,23-24,33,35,58H,13-22,25-26H2,1-2H3,(H,51,59,60)(H2,48,49,50,52)/t33-,35?/m1/s1. The van der Waals surface area contributed by atoms with Crippen LogP contribution in [-0.2, 0) is 26.3 Å². The van der Waals surface area contributed by atoms with Crippen LogP contribution in [0.15, 0.2) is 77.3 Å². The molecule has 0 aliphatic carbocycles. The number of carbonyl (C=O) groups excluding carboxylic acids is 5. The number of benzene rings is 3. The lowest BCUT2D eigenvalue weighted by Gasteiger charge is -2.39. The lowest BCUT2D eigenvalue weighted by molar-refractivity contribution is -0.136. The summed E-state index contributed by atoms with van der Waals surface area (Å²) in [5.74, 6) is -1.05. The van der Waals surface area contributed by atoms with E-state index in [-0.39, 0.29) is 42.7 Å². The van der Waals surface area contributed by atoms with E-state index in [9.17, 15) is 29.1 Å². The Bertz CT molecular complexity index is 2730. The summed E-state index contributed by atoms with van der Waals surface area (Å²) in [6.45, 7) is 7.40. The highest BCUT2D eigenvalue weighted by Crippen LogP contribution is 2.45. The molecule has 3 fully saturated rings. The van der Waals surface area contributed by atoms with Gasteiger partial charge in [0.2, 0.25) is 23.7 Å². The summed E-state index contributed by atoms with van der Waals surface area (Å²) in [5, 5.41) is 28.1. The van der Waals surface area contributed by atoms with Gasteiger partial charge in [0.15, 0.2) is 0 Å². The van der Waals surface area contributed by atoms with Gasteiger partial charge in [0.05, 0.1) is 40.6 Å². The Balaban J connectivity index is 0.796. The average molecular weight is 881 g/mol. The Hall–Kier alpha value is -7.05. The van der Waals surface area contributed by atoms with Crippen LogP contribution in [-0.4, -0.2) is 110 Å². The molecule has 18 heteroatoms. The molecular formula is C47H48N10O8. The van der Waals surface area contributed by atoms with Crippen molar-refractivity contribution in [2.75, 3.05) is 54.9 Å². The molecule has 1 spiro atoms. The largest absolute Gasteiger partial charge is 0.451 e. The molecule has 2 atom stereocenters. The van der Waals surface area contributed by atoms with Crippen molar-refractivity contribution in [2.24, 2.45) is 5.41 Å². The minimum absolute atomic E-state index is 0.0486. The molecule has 334 valence electrons. The molecule has 18 nitrogen and oxygen atoms in total. The molecule has 2 aromatic heterocycles. The van der Waals surface area contributed by atoms with Gasteiger partial charge in [-0.1, -0.05) is 36.4 Å². The van der Waals surface area contributed by atoms with Gasteiger partial charge in [-0.15, -0.1) is 10.2 Å². The van der Waals surface area contributed by atoms with Crippen LogP contribution in [0, 0.1) is 5.41 Å². The van der Waals surface area contributed by atoms with Crippen molar-refractivity contribution in [3.05, 3.63) is 107 Å². The van der Waals surface area contributed by atoms with Gasteiger partial charge >= 0.3 is 5.97 Å². The number of piperidine rings is 2. The fourth-order valence-corrected chi connectivity index (χ4v) is 9.84. The molecule has 1 unspecified atom stereocenters. The molecule has 0 bridgehead atoms. The summed E-state index contributed by atoms with van der Waals surface area (Å²) < 4.78 is 11.8. The van der Waals surface area contributed by atoms with E-state index in [2.05, 4.69) is 40.9 Å². The fraction of sp³-hybridized carbons (Fsp3) is 0.383. The first-order chi connectivity index (χ1) is 31.4. The molecule has 10 rings (SSSR count). The number of hydrogen-bond acceptors (Lipinski definition) is 16. The summed E-state index contributed by atoms with van der Waals surface area (Å²) in [7, 11) is 0.